The van der Waals surface area contributed by atoms with Crippen LogP contribution in [0.15, 0.2) is 18.2 Å². The van der Waals surface area contributed by atoms with Gasteiger partial charge in [0.05, 0.1) is 6.61 Å². The fourth-order valence-electron chi connectivity index (χ4n) is 1.74. The van der Waals surface area contributed by atoms with Crippen molar-refractivity contribution in [2.45, 2.75) is 26.3 Å². The van der Waals surface area contributed by atoms with Gasteiger partial charge in [-0.25, -0.2) is 0 Å². The maximum absolute atomic E-state index is 11.4. The number of nitrogens with two attached hydrogens (primary N) is 1. The average Bonchev–Trinajstić information content (AvgIpc) is 2.43. The first-order chi connectivity index (χ1) is 9.67. The van der Waals surface area contributed by atoms with Gasteiger partial charge in [0.1, 0.15) is 5.75 Å². The third kappa shape index (κ3) is 7.90. The SMILES string of the molecule is COCCCOc1cc(C)ccc1CNC(=O)CCN.Cl. The summed E-state index contributed by atoms with van der Waals surface area (Å²) in [6, 6.07) is 5.97. The lowest BCUT2D eigenvalue weighted by Gasteiger charge is -2.13. The van der Waals surface area contributed by atoms with Gasteiger partial charge in [0, 0.05) is 45.2 Å². The Labute approximate surface area is 132 Å². The van der Waals surface area contributed by atoms with E-state index in [2.05, 4.69) is 5.32 Å². The van der Waals surface area contributed by atoms with Crippen molar-refractivity contribution in [2.24, 2.45) is 5.73 Å². The summed E-state index contributed by atoms with van der Waals surface area (Å²) in [6.07, 6.45) is 1.18. The van der Waals surface area contributed by atoms with Gasteiger partial charge in [-0.2, -0.15) is 0 Å². The number of ether oxygens (including phenoxy) is 2. The van der Waals surface area contributed by atoms with Crippen LogP contribution < -0.4 is 15.8 Å². The van der Waals surface area contributed by atoms with Crippen molar-refractivity contribution in [2.75, 3.05) is 26.9 Å². The van der Waals surface area contributed by atoms with E-state index in [1.807, 2.05) is 25.1 Å². The molecule has 0 atom stereocenters. The summed E-state index contributed by atoms with van der Waals surface area (Å²) >= 11 is 0. The number of methoxy groups -OCH3 is 1. The van der Waals surface area contributed by atoms with Gasteiger partial charge in [-0.3, -0.25) is 4.79 Å². The lowest BCUT2D eigenvalue weighted by Crippen LogP contribution is -2.25. The van der Waals surface area contributed by atoms with Crippen molar-refractivity contribution >= 4 is 18.3 Å². The van der Waals surface area contributed by atoms with E-state index < -0.39 is 0 Å². The average molecular weight is 317 g/mol. The molecule has 1 aromatic rings. The van der Waals surface area contributed by atoms with E-state index in [-0.39, 0.29) is 18.3 Å². The van der Waals surface area contributed by atoms with E-state index in [4.69, 9.17) is 15.2 Å². The molecule has 0 aliphatic rings. The minimum absolute atomic E-state index is 0. The maximum atomic E-state index is 11.4. The van der Waals surface area contributed by atoms with E-state index in [1.54, 1.807) is 7.11 Å². The Hall–Kier alpha value is -1.30. The van der Waals surface area contributed by atoms with E-state index in [9.17, 15) is 4.79 Å². The lowest BCUT2D eigenvalue weighted by atomic mass is 10.1. The number of carbonyl (C=O) groups excluding carboxylic acids is 1. The van der Waals surface area contributed by atoms with Crippen molar-refractivity contribution in [3.63, 3.8) is 0 Å². The van der Waals surface area contributed by atoms with Crippen LogP contribution >= 0.6 is 12.4 Å². The number of nitrogens with one attached hydrogen (secondary N) is 1. The number of amides is 1. The predicted octanol–water partition coefficient (Wildman–Crippen LogP) is 1.80. The molecule has 0 saturated carbocycles. The van der Waals surface area contributed by atoms with Crippen LogP contribution in [0, 0.1) is 6.92 Å². The Kier molecular flexibility index (Phi) is 10.7. The van der Waals surface area contributed by atoms with Crippen LogP contribution in [-0.4, -0.2) is 32.8 Å². The number of carbonyl (C=O) groups is 1. The molecular weight excluding hydrogens is 292 g/mol. The minimum atomic E-state index is -0.0431. The molecule has 0 aliphatic heterocycles. The van der Waals surface area contributed by atoms with Crippen LogP contribution in [0.1, 0.15) is 24.0 Å². The normalized spacial score (nSPS) is 9.86. The number of aryl methyl sites for hydroxylation is 1. The molecule has 0 spiro atoms. The zero-order chi connectivity index (χ0) is 14.8. The summed E-state index contributed by atoms with van der Waals surface area (Å²) in [5.74, 6) is 0.771. The maximum Gasteiger partial charge on any atom is 0.221 e. The number of rotatable bonds is 9. The van der Waals surface area contributed by atoms with Crippen molar-refractivity contribution < 1.29 is 14.3 Å². The van der Waals surface area contributed by atoms with Gasteiger partial charge >= 0.3 is 0 Å². The van der Waals surface area contributed by atoms with Crippen molar-refractivity contribution in [3.05, 3.63) is 29.3 Å². The fourth-order valence-corrected chi connectivity index (χ4v) is 1.74. The van der Waals surface area contributed by atoms with Gasteiger partial charge in [0.2, 0.25) is 5.91 Å². The van der Waals surface area contributed by atoms with Gasteiger partial charge < -0.3 is 20.5 Å². The zero-order valence-corrected chi connectivity index (χ0v) is 13.5. The van der Waals surface area contributed by atoms with Crippen molar-refractivity contribution in [1.29, 1.82) is 0 Å². The molecule has 1 rings (SSSR count). The smallest absolute Gasteiger partial charge is 0.221 e. The molecule has 0 saturated heterocycles. The second-order valence-electron chi connectivity index (χ2n) is 4.62. The molecule has 1 amide bonds. The molecule has 6 heteroatoms. The van der Waals surface area contributed by atoms with Crippen LogP contribution in [0.2, 0.25) is 0 Å². The third-order valence-electron chi connectivity index (χ3n) is 2.82. The Morgan fingerprint density at radius 3 is 2.76 bits per heavy atom. The highest BCUT2D eigenvalue weighted by Gasteiger charge is 2.06. The van der Waals surface area contributed by atoms with Crippen LogP contribution in [0.3, 0.4) is 0 Å². The molecule has 0 fully saturated rings. The summed E-state index contributed by atoms with van der Waals surface area (Å²) < 4.78 is 10.7. The van der Waals surface area contributed by atoms with Crippen LogP contribution in [0.4, 0.5) is 0 Å². The topological polar surface area (TPSA) is 73.6 Å². The summed E-state index contributed by atoms with van der Waals surface area (Å²) in [6.45, 7) is 4.10. The van der Waals surface area contributed by atoms with Gasteiger partial charge in [0.25, 0.3) is 0 Å². The second kappa shape index (κ2) is 11.4. The summed E-state index contributed by atoms with van der Waals surface area (Å²) in [4.78, 5) is 11.4. The third-order valence-corrected chi connectivity index (χ3v) is 2.82. The Morgan fingerprint density at radius 2 is 2.10 bits per heavy atom. The van der Waals surface area contributed by atoms with Crippen molar-refractivity contribution in [3.8, 4) is 5.75 Å². The first-order valence-electron chi connectivity index (χ1n) is 6.85. The number of hydrogen-bond acceptors (Lipinski definition) is 4. The summed E-state index contributed by atoms with van der Waals surface area (Å²) in [5, 5.41) is 2.84. The summed E-state index contributed by atoms with van der Waals surface area (Å²) in [7, 11) is 1.67. The van der Waals surface area contributed by atoms with E-state index in [0.29, 0.717) is 32.7 Å². The minimum Gasteiger partial charge on any atom is -0.493 e. The molecule has 5 nitrogen and oxygen atoms in total. The quantitative estimate of drug-likeness (QED) is 0.681. The number of halogens is 1. The number of hydrogen-bond donors (Lipinski definition) is 2. The first-order valence-corrected chi connectivity index (χ1v) is 6.85. The first kappa shape index (κ1) is 19.7. The molecule has 0 unspecified atom stereocenters. The predicted molar refractivity (Wildman–Crippen MR) is 85.9 cm³/mol. The van der Waals surface area contributed by atoms with Crippen LogP contribution in [0.5, 0.6) is 5.75 Å². The van der Waals surface area contributed by atoms with Gasteiger partial charge in [-0.15, -0.1) is 12.4 Å². The second-order valence-corrected chi connectivity index (χ2v) is 4.62. The van der Waals surface area contributed by atoms with Crippen LogP contribution in [-0.2, 0) is 16.1 Å². The van der Waals surface area contributed by atoms with E-state index in [1.165, 1.54) is 0 Å². The Morgan fingerprint density at radius 1 is 1.33 bits per heavy atom. The molecular formula is C15H25ClN2O3. The Balaban J connectivity index is 0.00000400. The van der Waals surface area contributed by atoms with Gasteiger partial charge in [-0.05, 0) is 18.6 Å². The molecule has 0 bridgehead atoms. The standard InChI is InChI=1S/C15H24N2O3.ClH/c1-12-4-5-13(11-17-15(18)6-7-16)14(10-12)20-9-3-8-19-2;/h4-5,10H,3,6-9,11,16H2,1-2H3,(H,17,18);1H. The van der Waals surface area contributed by atoms with E-state index >= 15 is 0 Å². The molecule has 0 aromatic heterocycles. The highest BCUT2D eigenvalue weighted by molar-refractivity contribution is 5.85. The molecule has 120 valence electrons. The van der Waals surface area contributed by atoms with Gasteiger partial charge in [0.15, 0.2) is 0 Å². The van der Waals surface area contributed by atoms with Crippen LogP contribution in [0.25, 0.3) is 0 Å². The molecule has 0 aliphatic carbocycles. The fraction of sp³-hybridized carbons (Fsp3) is 0.533. The lowest BCUT2D eigenvalue weighted by molar-refractivity contribution is -0.121. The van der Waals surface area contributed by atoms with Crippen molar-refractivity contribution in [1.82, 2.24) is 5.32 Å². The van der Waals surface area contributed by atoms with E-state index in [0.717, 1.165) is 23.3 Å². The largest absolute Gasteiger partial charge is 0.493 e. The molecule has 21 heavy (non-hydrogen) atoms. The van der Waals surface area contributed by atoms with Gasteiger partial charge in [-0.1, -0.05) is 12.1 Å². The Bertz CT molecular complexity index is 427. The highest BCUT2D eigenvalue weighted by atomic mass is 35.5. The molecule has 0 radical (unpaired) electrons. The molecule has 3 N–H and O–H groups in total. The summed E-state index contributed by atoms with van der Waals surface area (Å²) in [5.41, 5.74) is 7.44. The highest BCUT2D eigenvalue weighted by Crippen LogP contribution is 2.20. The molecule has 1 aromatic carbocycles. The molecule has 0 heterocycles. The zero-order valence-electron chi connectivity index (χ0n) is 12.7. The monoisotopic (exact) mass is 316 g/mol. The number of benzene rings is 1.